The van der Waals surface area contributed by atoms with Crippen molar-refractivity contribution in [1.29, 1.82) is 0 Å². The highest BCUT2D eigenvalue weighted by Gasteiger charge is 2.29. The second-order valence-electron chi connectivity index (χ2n) is 8.16. The first-order chi connectivity index (χ1) is 14.5. The van der Waals surface area contributed by atoms with Crippen LogP contribution in [0.15, 0.2) is 60.7 Å². The summed E-state index contributed by atoms with van der Waals surface area (Å²) in [5, 5.41) is 0. The van der Waals surface area contributed by atoms with Crippen LogP contribution in [-0.2, 0) is 12.6 Å². The van der Waals surface area contributed by atoms with Gasteiger partial charge in [-0.1, -0.05) is 55.5 Å². The van der Waals surface area contributed by atoms with Gasteiger partial charge in [-0.2, -0.15) is 13.2 Å². The first-order valence-electron chi connectivity index (χ1n) is 10.9. The topological polar surface area (TPSA) is 0 Å². The molecule has 158 valence electrons. The Kier molecular flexibility index (Phi) is 7.80. The van der Waals surface area contributed by atoms with Crippen LogP contribution in [0.3, 0.4) is 0 Å². The van der Waals surface area contributed by atoms with Crippen molar-refractivity contribution in [2.24, 2.45) is 5.92 Å². The number of hydrogen-bond donors (Lipinski definition) is 0. The van der Waals surface area contributed by atoms with Gasteiger partial charge in [0.2, 0.25) is 0 Å². The summed E-state index contributed by atoms with van der Waals surface area (Å²) in [5.74, 6) is 7.05. The van der Waals surface area contributed by atoms with E-state index in [0.717, 1.165) is 25.0 Å². The summed E-state index contributed by atoms with van der Waals surface area (Å²) in [7, 11) is 0. The van der Waals surface area contributed by atoms with Crippen molar-refractivity contribution in [3.05, 3.63) is 82.9 Å². The van der Waals surface area contributed by atoms with Crippen molar-refractivity contribution in [2.45, 2.75) is 64.0 Å². The van der Waals surface area contributed by atoms with E-state index in [2.05, 4.69) is 49.1 Å². The Morgan fingerprint density at radius 3 is 2.20 bits per heavy atom. The second-order valence-corrected chi connectivity index (χ2v) is 8.16. The normalized spacial score (nSPS) is 19.5. The number of benzene rings is 2. The van der Waals surface area contributed by atoms with Crippen LogP contribution < -0.4 is 0 Å². The smallest absolute Gasteiger partial charge is 0.166 e. The maximum Gasteiger partial charge on any atom is 0.416 e. The summed E-state index contributed by atoms with van der Waals surface area (Å²) in [6.07, 6.45) is 8.04. The average molecular weight is 411 g/mol. The van der Waals surface area contributed by atoms with Gasteiger partial charge in [-0.25, -0.2) is 0 Å². The summed E-state index contributed by atoms with van der Waals surface area (Å²) < 4.78 is 37.7. The van der Waals surface area contributed by atoms with Gasteiger partial charge in [0, 0.05) is 5.56 Å². The number of rotatable bonds is 5. The lowest BCUT2D eigenvalue weighted by Gasteiger charge is -2.27. The maximum atomic E-state index is 12.6. The summed E-state index contributed by atoms with van der Waals surface area (Å²) in [5.41, 5.74) is 2.85. The van der Waals surface area contributed by atoms with Crippen molar-refractivity contribution in [2.75, 3.05) is 0 Å². The van der Waals surface area contributed by atoms with Crippen molar-refractivity contribution < 1.29 is 13.2 Å². The molecule has 3 heteroatoms. The van der Waals surface area contributed by atoms with Gasteiger partial charge in [0.05, 0.1) is 5.56 Å². The Labute approximate surface area is 178 Å². The third kappa shape index (κ3) is 6.52. The minimum Gasteiger partial charge on any atom is -0.166 e. The average Bonchev–Trinajstić information content (AvgIpc) is 2.76. The van der Waals surface area contributed by atoms with Gasteiger partial charge < -0.3 is 0 Å². The molecule has 1 fully saturated rings. The molecule has 0 saturated heterocycles. The fraction of sp³-hybridized carbons (Fsp3) is 0.407. The molecule has 0 aromatic heterocycles. The Balaban J connectivity index is 1.47. The van der Waals surface area contributed by atoms with Gasteiger partial charge in [-0.15, -0.1) is 0 Å². The minimum atomic E-state index is -4.30. The van der Waals surface area contributed by atoms with Crippen LogP contribution in [-0.4, -0.2) is 0 Å². The van der Waals surface area contributed by atoms with Crippen LogP contribution in [0.1, 0.15) is 73.6 Å². The third-order valence-corrected chi connectivity index (χ3v) is 5.92. The largest absolute Gasteiger partial charge is 0.416 e. The van der Waals surface area contributed by atoms with E-state index in [-0.39, 0.29) is 0 Å². The molecule has 0 unspecified atom stereocenters. The zero-order chi connectivity index (χ0) is 21.4. The highest BCUT2D eigenvalue weighted by atomic mass is 19.4. The maximum absolute atomic E-state index is 12.6. The van der Waals surface area contributed by atoms with Crippen molar-refractivity contribution >= 4 is 0 Å². The molecule has 2 aromatic carbocycles. The number of hydrogen-bond acceptors (Lipinski definition) is 0. The molecule has 30 heavy (non-hydrogen) atoms. The molecule has 0 spiro atoms. The number of halogens is 3. The highest BCUT2D eigenvalue weighted by Crippen LogP contribution is 2.36. The Morgan fingerprint density at radius 2 is 1.60 bits per heavy atom. The van der Waals surface area contributed by atoms with Crippen molar-refractivity contribution in [3.63, 3.8) is 0 Å². The predicted molar refractivity (Wildman–Crippen MR) is 117 cm³/mol. The lowest BCUT2D eigenvalue weighted by molar-refractivity contribution is -0.137. The summed E-state index contributed by atoms with van der Waals surface area (Å²) in [4.78, 5) is 0. The molecule has 1 aliphatic rings. The monoisotopic (exact) mass is 410 g/mol. The van der Waals surface area contributed by atoms with E-state index < -0.39 is 11.7 Å². The molecule has 1 saturated carbocycles. The van der Waals surface area contributed by atoms with E-state index in [4.69, 9.17) is 0 Å². The van der Waals surface area contributed by atoms with Crippen LogP contribution >= 0.6 is 0 Å². The number of allylic oxidation sites excluding steroid dienone is 2. The lowest BCUT2D eigenvalue weighted by atomic mass is 9.78. The Hall–Kier alpha value is -2.47. The molecule has 3 rings (SSSR count). The van der Waals surface area contributed by atoms with Gasteiger partial charge in [0.1, 0.15) is 0 Å². The minimum absolute atomic E-state index is 0.534. The standard InChI is InChI=1S/C27H29F3/c1-2-3-6-21-9-15-24(16-10-21)25-17-11-22(12-18-25)7-4-5-8-23-13-19-26(20-14-23)27(28,29)30/h4,7,9-10,13-16,19-20,22,25H,2-3,6,11-12,17-18H2,1H3/t22-,25-. The van der Waals surface area contributed by atoms with Gasteiger partial charge in [-0.05, 0) is 91.8 Å². The van der Waals surface area contributed by atoms with Gasteiger partial charge in [0.25, 0.3) is 0 Å². The molecular formula is C27H29F3. The van der Waals surface area contributed by atoms with Gasteiger partial charge in [0.15, 0.2) is 0 Å². The fourth-order valence-corrected chi connectivity index (χ4v) is 4.03. The molecule has 0 amide bonds. The summed E-state index contributed by atoms with van der Waals surface area (Å²) >= 11 is 0. The highest BCUT2D eigenvalue weighted by molar-refractivity contribution is 5.39. The molecule has 0 bridgehead atoms. The number of unbranched alkanes of at least 4 members (excludes halogenated alkanes) is 1. The van der Waals surface area contributed by atoms with Crippen LogP contribution in [0.4, 0.5) is 13.2 Å². The van der Waals surface area contributed by atoms with E-state index >= 15 is 0 Å². The van der Waals surface area contributed by atoms with Gasteiger partial charge >= 0.3 is 6.18 Å². The number of alkyl halides is 3. The number of aryl methyl sites for hydroxylation is 1. The van der Waals surface area contributed by atoms with E-state index in [9.17, 15) is 13.2 Å². The first kappa shape index (κ1) is 22.2. The zero-order valence-electron chi connectivity index (χ0n) is 17.5. The van der Waals surface area contributed by atoms with Crippen molar-refractivity contribution in [3.8, 4) is 11.8 Å². The molecule has 0 aliphatic heterocycles. The van der Waals surface area contributed by atoms with E-state index in [0.29, 0.717) is 17.4 Å². The molecule has 0 nitrogen and oxygen atoms in total. The predicted octanol–water partition coefficient (Wildman–Crippen LogP) is 7.93. The molecule has 2 aromatic rings. The van der Waals surface area contributed by atoms with E-state index in [1.807, 2.05) is 6.08 Å². The zero-order valence-corrected chi connectivity index (χ0v) is 17.5. The SMILES string of the molecule is CCCCc1ccc([C@H]2CC[C@H](C=CC#Cc3ccc(C(F)(F)F)cc3)CC2)cc1. The Morgan fingerprint density at radius 1 is 0.933 bits per heavy atom. The second kappa shape index (κ2) is 10.5. The summed E-state index contributed by atoms with van der Waals surface area (Å²) in [6.45, 7) is 2.22. The van der Waals surface area contributed by atoms with E-state index in [1.54, 1.807) is 0 Å². The van der Waals surface area contributed by atoms with Crippen LogP contribution in [0.2, 0.25) is 0 Å². The first-order valence-corrected chi connectivity index (χ1v) is 10.9. The molecule has 0 atom stereocenters. The molecule has 0 radical (unpaired) electrons. The summed E-state index contributed by atoms with van der Waals surface area (Å²) in [6, 6.07) is 14.2. The lowest BCUT2D eigenvalue weighted by Crippen LogP contribution is -2.11. The van der Waals surface area contributed by atoms with Crippen molar-refractivity contribution in [1.82, 2.24) is 0 Å². The quantitative estimate of drug-likeness (QED) is 0.439. The Bertz CT molecular complexity index is 869. The van der Waals surface area contributed by atoms with Gasteiger partial charge in [-0.3, -0.25) is 0 Å². The van der Waals surface area contributed by atoms with Crippen LogP contribution in [0.25, 0.3) is 0 Å². The van der Waals surface area contributed by atoms with E-state index in [1.165, 1.54) is 55.4 Å². The van der Waals surface area contributed by atoms with Crippen LogP contribution in [0, 0.1) is 17.8 Å². The molecule has 0 N–H and O–H groups in total. The molecule has 1 aliphatic carbocycles. The fourth-order valence-electron chi connectivity index (χ4n) is 4.03. The van der Waals surface area contributed by atoms with Crippen LogP contribution in [0.5, 0.6) is 0 Å². The third-order valence-electron chi connectivity index (χ3n) is 5.92. The molecular weight excluding hydrogens is 381 g/mol. The molecule has 0 heterocycles.